The molecule has 0 radical (unpaired) electrons. The minimum absolute atomic E-state index is 0.000329. The Bertz CT molecular complexity index is 996. The van der Waals surface area contributed by atoms with E-state index in [1.165, 1.54) is 4.31 Å². The molecule has 0 aromatic heterocycles. The first-order chi connectivity index (χ1) is 14.7. The average Bonchev–Trinajstić information content (AvgIpc) is 2.71. The highest BCUT2D eigenvalue weighted by Gasteiger charge is 2.31. The third kappa shape index (κ3) is 6.80. The second kappa shape index (κ2) is 10.3. The van der Waals surface area contributed by atoms with Gasteiger partial charge in [-0.15, -0.1) is 0 Å². The maximum absolute atomic E-state index is 12.8. The molecule has 1 heterocycles. The Morgan fingerprint density at radius 3 is 2.45 bits per heavy atom. The van der Waals surface area contributed by atoms with Crippen LogP contribution in [0.15, 0.2) is 48.5 Å². The Balaban J connectivity index is 1.49. The number of benzene rings is 2. The van der Waals surface area contributed by atoms with Crippen molar-refractivity contribution < 1.29 is 17.9 Å². The molecule has 0 saturated carbocycles. The number of amides is 1. The maximum Gasteiger partial charge on any atom is 0.223 e. The number of carbonyl (C=O) groups is 1. The molecule has 1 N–H and O–H groups in total. The summed E-state index contributed by atoms with van der Waals surface area (Å²) >= 11 is 0. The molecule has 2 aromatic rings. The molecule has 0 bridgehead atoms. The zero-order valence-corrected chi connectivity index (χ0v) is 19.3. The highest BCUT2D eigenvalue weighted by Crippen LogP contribution is 2.22. The molecule has 0 unspecified atom stereocenters. The number of nitrogens with zero attached hydrogens (tertiary/aromatic N) is 1. The standard InChI is InChI=1S/C24H32N2O4S/c1-18(2)30-23-9-5-7-20(15-23)16-25-24(27)22-10-12-26(13-11-22)31(28,29)17-21-8-4-6-19(3)14-21/h4-9,14-15,18,22H,10-13,16-17H2,1-3H3,(H,25,27). The Hall–Kier alpha value is -2.38. The summed E-state index contributed by atoms with van der Waals surface area (Å²) in [5.74, 6) is 0.598. The summed E-state index contributed by atoms with van der Waals surface area (Å²) in [5.41, 5.74) is 2.82. The zero-order chi connectivity index (χ0) is 22.4. The van der Waals surface area contributed by atoms with Crippen molar-refractivity contribution in [3.63, 3.8) is 0 Å². The molecule has 0 atom stereocenters. The number of piperidine rings is 1. The molecule has 3 rings (SSSR count). The lowest BCUT2D eigenvalue weighted by Crippen LogP contribution is -2.43. The van der Waals surface area contributed by atoms with Crippen molar-refractivity contribution in [2.24, 2.45) is 5.92 Å². The number of hydrogen-bond donors (Lipinski definition) is 1. The molecular formula is C24H32N2O4S. The summed E-state index contributed by atoms with van der Waals surface area (Å²) < 4.78 is 32.8. The normalized spacial score (nSPS) is 15.7. The molecule has 31 heavy (non-hydrogen) atoms. The van der Waals surface area contributed by atoms with Crippen LogP contribution in [-0.4, -0.2) is 37.8 Å². The number of aryl methyl sites for hydroxylation is 1. The van der Waals surface area contributed by atoms with Crippen LogP contribution in [-0.2, 0) is 27.1 Å². The van der Waals surface area contributed by atoms with Crippen LogP contribution < -0.4 is 10.1 Å². The monoisotopic (exact) mass is 444 g/mol. The van der Waals surface area contributed by atoms with E-state index in [0.717, 1.165) is 22.4 Å². The van der Waals surface area contributed by atoms with Crippen LogP contribution in [0.2, 0.25) is 0 Å². The molecule has 1 fully saturated rings. The first kappa shape index (κ1) is 23.3. The summed E-state index contributed by atoms with van der Waals surface area (Å²) in [5, 5.41) is 2.99. The Kier molecular flexibility index (Phi) is 7.73. The van der Waals surface area contributed by atoms with Crippen LogP contribution in [0.5, 0.6) is 5.75 Å². The van der Waals surface area contributed by atoms with E-state index in [4.69, 9.17) is 4.74 Å². The molecule has 168 valence electrons. The Morgan fingerprint density at radius 1 is 1.10 bits per heavy atom. The van der Waals surface area contributed by atoms with E-state index < -0.39 is 10.0 Å². The summed E-state index contributed by atoms with van der Waals surface area (Å²) in [6, 6.07) is 15.3. The van der Waals surface area contributed by atoms with Gasteiger partial charge in [-0.25, -0.2) is 12.7 Å². The SMILES string of the molecule is Cc1cccc(CS(=O)(=O)N2CCC(C(=O)NCc3cccc(OC(C)C)c3)CC2)c1. The fourth-order valence-electron chi connectivity index (χ4n) is 3.83. The van der Waals surface area contributed by atoms with E-state index in [-0.39, 0.29) is 23.7 Å². The molecule has 0 aliphatic carbocycles. The van der Waals surface area contributed by atoms with Crippen LogP contribution >= 0.6 is 0 Å². The average molecular weight is 445 g/mol. The van der Waals surface area contributed by atoms with Crippen molar-refractivity contribution in [3.05, 3.63) is 65.2 Å². The predicted molar refractivity (Wildman–Crippen MR) is 122 cm³/mol. The zero-order valence-electron chi connectivity index (χ0n) is 18.5. The number of sulfonamides is 1. The number of rotatable bonds is 8. The van der Waals surface area contributed by atoms with Crippen LogP contribution in [0, 0.1) is 12.8 Å². The Morgan fingerprint density at radius 2 is 1.77 bits per heavy atom. The van der Waals surface area contributed by atoms with Crippen molar-refractivity contribution in [3.8, 4) is 5.75 Å². The first-order valence-electron chi connectivity index (χ1n) is 10.8. The topological polar surface area (TPSA) is 75.7 Å². The molecule has 1 saturated heterocycles. The molecule has 6 nitrogen and oxygen atoms in total. The van der Waals surface area contributed by atoms with Gasteiger partial charge in [0.2, 0.25) is 15.9 Å². The van der Waals surface area contributed by atoms with Gasteiger partial charge in [0.1, 0.15) is 5.75 Å². The van der Waals surface area contributed by atoms with E-state index in [1.54, 1.807) is 0 Å². The Labute approximate surface area is 185 Å². The lowest BCUT2D eigenvalue weighted by atomic mass is 9.97. The van der Waals surface area contributed by atoms with Crippen LogP contribution in [0.3, 0.4) is 0 Å². The van der Waals surface area contributed by atoms with Gasteiger partial charge in [0.05, 0.1) is 11.9 Å². The van der Waals surface area contributed by atoms with Crippen molar-refractivity contribution >= 4 is 15.9 Å². The smallest absolute Gasteiger partial charge is 0.223 e. The fraction of sp³-hybridized carbons (Fsp3) is 0.458. The van der Waals surface area contributed by atoms with Crippen molar-refractivity contribution in [2.75, 3.05) is 13.1 Å². The second-order valence-electron chi connectivity index (χ2n) is 8.45. The molecule has 2 aromatic carbocycles. The second-order valence-corrected chi connectivity index (χ2v) is 10.4. The summed E-state index contributed by atoms with van der Waals surface area (Å²) in [6.07, 6.45) is 1.17. The quantitative estimate of drug-likeness (QED) is 0.675. The minimum atomic E-state index is -3.38. The number of hydrogen-bond acceptors (Lipinski definition) is 4. The van der Waals surface area contributed by atoms with Crippen molar-refractivity contribution in [2.45, 2.75) is 52.0 Å². The van der Waals surface area contributed by atoms with E-state index in [9.17, 15) is 13.2 Å². The predicted octanol–water partition coefficient (Wildman–Crippen LogP) is 3.64. The summed E-state index contributed by atoms with van der Waals surface area (Å²) in [7, 11) is -3.38. The molecule has 1 aliphatic rings. The molecule has 1 aliphatic heterocycles. The van der Waals surface area contributed by atoms with Gasteiger partial charge in [0.25, 0.3) is 0 Å². The van der Waals surface area contributed by atoms with Crippen LogP contribution in [0.4, 0.5) is 0 Å². The summed E-state index contributed by atoms with van der Waals surface area (Å²) in [4.78, 5) is 12.6. The lowest BCUT2D eigenvalue weighted by molar-refractivity contribution is -0.126. The van der Waals surface area contributed by atoms with Crippen LogP contribution in [0.1, 0.15) is 43.4 Å². The third-order valence-corrected chi connectivity index (χ3v) is 7.24. The van der Waals surface area contributed by atoms with Gasteiger partial charge in [-0.1, -0.05) is 42.0 Å². The maximum atomic E-state index is 12.8. The minimum Gasteiger partial charge on any atom is -0.491 e. The number of ether oxygens (including phenoxy) is 1. The van der Waals surface area contributed by atoms with Gasteiger partial charge < -0.3 is 10.1 Å². The first-order valence-corrected chi connectivity index (χ1v) is 12.4. The lowest BCUT2D eigenvalue weighted by Gasteiger charge is -2.30. The van der Waals surface area contributed by atoms with Gasteiger partial charge in [-0.3, -0.25) is 4.79 Å². The van der Waals surface area contributed by atoms with E-state index in [1.807, 2.05) is 69.3 Å². The highest BCUT2D eigenvalue weighted by molar-refractivity contribution is 7.88. The molecular weight excluding hydrogens is 412 g/mol. The third-order valence-electron chi connectivity index (χ3n) is 5.39. The van der Waals surface area contributed by atoms with E-state index >= 15 is 0 Å². The van der Waals surface area contributed by atoms with E-state index in [2.05, 4.69) is 5.32 Å². The van der Waals surface area contributed by atoms with Crippen molar-refractivity contribution in [1.29, 1.82) is 0 Å². The highest BCUT2D eigenvalue weighted by atomic mass is 32.2. The summed E-state index contributed by atoms with van der Waals surface area (Å²) in [6.45, 7) is 7.09. The van der Waals surface area contributed by atoms with Gasteiger partial charge >= 0.3 is 0 Å². The number of carbonyl (C=O) groups excluding carboxylic acids is 1. The fourth-order valence-corrected chi connectivity index (χ4v) is 5.38. The van der Waals surface area contributed by atoms with Gasteiger partial charge in [-0.05, 0) is 56.9 Å². The molecule has 1 amide bonds. The van der Waals surface area contributed by atoms with Gasteiger partial charge in [0.15, 0.2) is 0 Å². The molecule has 7 heteroatoms. The molecule has 0 spiro atoms. The van der Waals surface area contributed by atoms with Crippen molar-refractivity contribution in [1.82, 2.24) is 9.62 Å². The van der Waals surface area contributed by atoms with Gasteiger partial charge in [0, 0.05) is 25.6 Å². The largest absolute Gasteiger partial charge is 0.491 e. The number of nitrogens with one attached hydrogen (secondary N) is 1. The van der Waals surface area contributed by atoms with Gasteiger partial charge in [-0.2, -0.15) is 0 Å². The van der Waals surface area contributed by atoms with Crippen LogP contribution in [0.25, 0.3) is 0 Å². The van der Waals surface area contributed by atoms with E-state index in [0.29, 0.717) is 32.5 Å².